The van der Waals surface area contributed by atoms with Gasteiger partial charge in [0.1, 0.15) is 5.58 Å². The van der Waals surface area contributed by atoms with Crippen LogP contribution in [0.15, 0.2) is 62.6 Å². The van der Waals surface area contributed by atoms with Gasteiger partial charge in [-0.15, -0.1) is 0 Å². The molecule has 9 heteroatoms. The molecule has 2 heterocycles. The maximum atomic E-state index is 13.0. The summed E-state index contributed by atoms with van der Waals surface area (Å²) in [5.74, 6) is -0.718. The Morgan fingerprint density at radius 2 is 1.73 bits per heavy atom. The summed E-state index contributed by atoms with van der Waals surface area (Å²) in [6.45, 7) is 6.23. The number of hydrogen-bond donors (Lipinski definition) is 1. The van der Waals surface area contributed by atoms with Crippen LogP contribution in [-0.2, 0) is 21.2 Å². The normalized spacial score (nSPS) is 19.5. The van der Waals surface area contributed by atoms with Gasteiger partial charge in [0.2, 0.25) is 10.0 Å². The van der Waals surface area contributed by atoms with Gasteiger partial charge in [-0.2, -0.15) is 4.31 Å². The third-order valence-electron chi connectivity index (χ3n) is 5.56. The van der Waals surface area contributed by atoms with E-state index in [0.29, 0.717) is 16.7 Å². The van der Waals surface area contributed by atoms with Crippen LogP contribution in [0.2, 0.25) is 0 Å². The molecule has 4 rings (SSSR count). The lowest BCUT2D eigenvalue weighted by Crippen LogP contribution is -2.48. The summed E-state index contributed by atoms with van der Waals surface area (Å²) in [6.07, 6.45) is 0.409. The topological polar surface area (TPSA) is 106 Å². The van der Waals surface area contributed by atoms with Crippen LogP contribution in [0, 0.1) is 0 Å². The van der Waals surface area contributed by atoms with Gasteiger partial charge in [-0.05, 0) is 62.2 Å². The third-order valence-corrected chi connectivity index (χ3v) is 7.41. The number of sulfonamides is 1. The van der Waals surface area contributed by atoms with E-state index in [9.17, 15) is 18.0 Å². The molecule has 1 aliphatic heterocycles. The molecular formula is C24H26N2O6S. The molecule has 0 aliphatic carbocycles. The molecule has 8 nitrogen and oxygen atoms in total. The Balaban J connectivity index is 1.52. The van der Waals surface area contributed by atoms with E-state index in [-0.39, 0.29) is 41.4 Å². The quantitative estimate of drug-likeness (QED) is 0.613. The van der Waals surface area contributed by atoms with E-state index in [1.807, 2.05) is 26.8 Å². The summed E-state index contributed by atoms with van der Waals surface area (Å²) in [6, 6.07) is 12.3. The van der Waals surface area contributed by atoms with E-state index >= 15 is 0 Å². The molecule has 1 aromatic heterocycles. The predicted octanol–water partition coefficient (Wildman–Crippen LogP) is 3.41. The van der Waals surface area contributed by atoms with E-state index in [1.54, 1.807) is 12.1 Å². The lowest BCUT2D eigenvalue weighted by molar-refractivity contribution is -0.0440. The van der Waals surface area contributed by atoms with Gasteiger partial charge in [0.05, 0.1) is 22.5 Å². The van der Waals surface area contributed by atoms with Crippen molar-refractivity contribution in [2.24, 2.45) is 0 Å². The number of amides is 1. The number of benzene rings is 2. The number of carbonyl (C=O) groups excluding carboxylic acids is 1. The number of nitrogens with one attached hydrogen (secondary N) is 1. The van der Waals surface area contributed by atoms with Gasteiger partial charge in [0.15, 0.2) is 11.2 Å². The summed E-state index contributed by atoms with van der Waals surface area (Å²) < 4.78 is 38.6. The Labute approximate surface area is 192 Å². The van der Waals surface area contributed by atoms with Gasteiger partial charge in [0.25, 0.3) is 5.91 Å². The Morgan fingerprint density at radius 1 is 1.06 bits per heavy atom. The van der Waals surface area contributed by atoms with Crippen LogP contribution in [0.1, 0.15) is 36.9 Å². The average Bonchev–Trinajstić information content (AvgIpc) is 2.78. The molecule has 0 saturated carbocycles. The van der Waals surface area contributed by atoms with Crippen molar-refractivity contribution in [2.45, 2.75) is 44.3 Å². The lowest BCUT2D eigenvalue weighted by Gasteiger charge is -2.34. The second-order valence-corrected chi connectivity index (χ2v) is 10.2. The molecule has 174 valence electrons. The van der Waals surface area contributed by atoms with E-state index < -0.39 is 15.9 Å². The fraction of sp³-hybridized carbons (Fsp3) is 0.333. The van der Waals surface area contributed by atoms with E-state index in [0.717, 1.165) is 18.1 Å². The minimum absolute atomic E-state index is 0.121. The first kappa shape index (κ1) is 23.2. The van der Waals surface area contributed by atoms with Gasteiger partial charge in [-0.1, -0.05) is 13.0 Å². The molecule has 1 amide bonds. The van der Waals surface area contributed by atoms with Gasteiger partial charge in [-0.3, -0.25) is 9.59 Å². The number of morpholine rings is 1. The minimum atomic E-state index is -3.68. The van der Waals surface area contributed by atoms with Gasteiger partial charge < -0.3 is 14.5 Å². The number of ether oxygens (including phenoxy) is 1. The van der Waals surface area contributed by atoms with Crippen molar-refractivity contribution >= 4 is 32.6 Å². The smallest absolute Gasteiger partial charge is 0.291 e. The number of nitrogens with zero attached hydrogens (tertiary/aromatic N) is 1. The lowest BCUT2D eigenvalue weighted by atomic mass is 10.1. The molecule has 0 spiro atoms. The van der Waals surface area contributed by atoms with Crippen LogP contribution in [0.5, 0.6) is 0 Å². The molecule has 1 N–H and O–H groups in total. The maximum absolute atomic E-state index is 13.0. The van der Waals surface area contributed by atoms with E-state index in [1.165, 1.54) is 28.6 Å². The molecule has 1 saturated heterocycles. The Kier molecular flexibility index (Phi) is 6.38. The molecule has 33 heavy (non-hydrogen) atoms. The van der Waals surface area contributed by atoms with E-state index in [2.05, 4.69) is 5.32 Å². The van der Waals surface area contributed by atoms with Crippen molar-refractivity contribution in [3.8, 4) is 0 Å². The van der Waals surface area contributed by atoms with Crippen molar-refractivity contribution in [2.75, 3.05) is 18.4 Å². The zero-order valence-electron chi connectivity index (χ0n) is 18.7. The Bertz CT molecular complexity index is 1340. The predicted molar refractivity (Wildman–Crippen MR) is 125 cm³/mol. The second-order valence-electron chi connectivity index (χ2n) is 8.22. The number of anilines is 1. The standard InChI is InChI=1S/C24H26N2O6S/c1-4-17-5-10-22-20(11-17)21(27)12-23(32-22)24(28)25-18-6-8-19(9-7-18)33(29,30)26-13-15(2)31-16(3)14-26/h5-12,15-16H,4,13-14H2,1-3H3,(H,25,28)/t15-,16-/m0/s1. The SMILES string of the molecule is CCc1ccc2oc(C(=O)Nc3ccc(S(=O)(=O)N4C[C@H](C)O[C@@H](C)C4)cc3)cc(=O)c2c1. The highest BCUT2D eigenvalue weighted by molar-refractivity contribution is 7.89. The molecule has 0 radical (unpaired) electrons. The highest BCUT2D eigenvalue weighted by Gasteiger charge is 2.32. The van der Waals surface area contributed by atoms with Gasteiger partial charge >= 0.3 is 0 Å². The number of fused-ring (bicyclic) bond motifs is 1. The largest absolute Gasteiger partial charge is 0.451 e. The number of rotatable bonds is 5. The first-order chi connectivity index (χ1) is 15.7. The third kappa shape index (κ3) is 4.85. The summed E-state index contributed by atoms with van der Waals surface area (Å²) in [5, 5.41) is 3.07. The zero-order valence-corrected chi connectivity index (χ0v) is 19.5. The molecule has 2 aromatic carbocycles. The van der Waals surface area contributed by atoms with Gasteiger partial charge in [-0.25, -0.2) is 8.42 Å². The molecule has 0 bridgehead atoms. The van der Waals surface area contributed by atoms with Crippen molar-refractivity contribution in [1.82, 2.24) is 4.31 Å². The van der Waals surface area contributed by atoms with Crippen LogP contribution in [0.4, 0.5) is 5.69 Å². The molecule has 1 aliphatic rings. The maximum Gasteiger partial charge on any atom is 0.291 e. The van der Waals surface area contributed by atoms with Crippen molar-refractivity contribution in [1.29, 1.82) is 0 Å². The van der Waals surface area contributed by atoms with Gasteiger partial charge in [0, 0.05) is 24.8 Å². The van der Waals surface area contributed by atoms with Crippen LogP contribution >= 0.6 is 0 Å². The van der Waals surface area contributed by atoms with E-state index in [4.69, 9.17) is 9.15 Å². The molecule has 2 atom stereocenters. The molecular weight excluding hydrogens is 444 g/mol. The highest BCUT2D eigenvalue weighted by Crippen LogP contribution is 2.23. The Morgan fingerprint density at radius 3 is 2.36 bits per heavy atom. The summed E-state index contributed by atoms with van der Waals surface area (Å²) in [4.78, 5) is 25.2. The van der Waals surface area contributed by atoms with Crippen LogP contribution in [-0.4, -0.2) is 43.9 Å². The van der Waals surface area contributed by atoms with Crippen molar-refractivity contribution in [3.05, 3.63) is 70.1 Å². The summed E-state index contributed by atoms with van der Waals surface area (Å²) in [7, 11) is -3.68. The first-order valence-electron chi connectivity index (χ1n) is 10.8. The number of hydrogen-bond acceptors (Lipinski definition) is 6. The first-order valence-corrected chi connectivity index (χ1v) is 12.2. The molecule has 3 aromatic rings. The summed E-state index contributed by atoms with van der Waals surface area (Å²) >= 11 is 0. The fourth-order valence-corrected chi connectivity index (χ4v) is 5.50. The molecule has 0 unspecified atom stereocenters. The second kappa shape index (κ2) is 9.09. The highest BCUT2D eigenvalue weighted by atomic mass is 32.2. The van der Waals surface area contributed by atoms with Crippen molar-refractivity contribution in [3.63, 3.8) is 0 Å². The van der Waals surface area contributed by atoms with Crippen LogP contribution in [0.25, 0.3) is 11.0 Å². The number of aryl methyl sites for hydroxylation is 1. The zero-order chi connectivity index (χ0) is 23.8. The van der Waals surface area contributed by atoms with Crippen molar-refractivity contribution < 1.29 is 22.4 Å². The van der Waals surface area contributed by atoms with Crippen LogP contribution in [0.3, 0.4) is 0 Å². The average molecular weight is 471 g/mol. The molecule has 1 fully saturated rings. The fourth-order valence-electron chi connectivity index (χ4n) is 3.91. The monoisotopic (exact) mass is 470 g/mol. The summed E-state index contributed by atoms with van der Waals surface area (Å²) in [5.41, 5.74) is 1.42. The van der Waals surface area contributed by atoms with Crippen LogP contribution < -0.4 is 10.7 Å². The minimum Gasteiger partial charge on any atom is -0.451 e. The Hall–Kier alpha value is -3.01. The number of carbonyl (C=O) groups is 1.